The van der Waals surface area contributed by atoms with Gasteiger partial charge in [-0.1, -0.05) is 17.7 Å². The van der Waals surface area contributed by atoms with Gasteiger partial charge < -0.3 is 5.32 Å². The van der Waals surface area contributed by atoms with E-state index in [-0.39, 0.29) is 17.5 Å². The molecule has 0 spiro atoms. The number of nitro groups is 1. The van der Waals surface area contributed by atoms with Crippen molar-refractivity contribution in [3.63, 3.8) is 0 Å². The summed E-state index contributed by atoms with van der Waals surface area (Å²) >= 11 is 5.71. The van der Waals surface area contributed by atoms with Crippen LogP contribution in [0.2, 0.25) is 5.02 Å². The predicted octanol–water partition coefficient (Wildman–Crippen LogP) is 1.85. The van der Waals surface area contributed by atoms with Crippen LogP contribution in [-0.2, 0) is 4.79 Å². The molecule has 1 fully saturated rings. The summed E-state index contributed by atoms with van der Waals surface area (Å²) in [5.74, 6) is -0.209. The SMILES string of the molecule is O=C1C[C@H](c2ccc(Cl)cc2[N+](=O)[O-])CN1. The minimum absolute atomic E-state index is 0.0194. The molecule has 1 aliphatic heterocycles. The molecule has 1 amide bonds. The topological polar surface area (TPSA) is 72.2 Å². The summed E-state index contributed by atoms with van der Waals surface area (Å²) in [6, 6.07) is 4.54. The maximum Gasteiger partial charge on any atom is 0.274 e. The number of halogens is 1. The zero-order valence-electron chi connectivity index (χ0n) is 8.27. The molecule has 84 valence electrons. The summed E-state index contributed by atoms with van der Waals surface area (Å²) < 4.78 is 0. The van der Waals surface area contributed by atoms with Gasteiger partial charge in [-0.2, -0.15) is 0 Å². The molecule has 0 bridgehead atoms. The minimum Gasteiger partial charge on any atom is -0.355 e. The van der Waals surface area contributed by atoms with E-state index in [0.29, 0.717) is 23.6 Å². The zero-order valence-corrected chi connectivity index (χ0v) is 9.03. The Kier molecular flexibility index (Phi) is 2.78. The Balaban J connectivity index is 2.40. The Hall–Kier alpha value is -1.62. The number of hydrogen-bond donors (Lipinski definition) is 1. The lowest BCUT2D eigenvalue weighted by Gasteiger charge is -2.08. The Labute approximate surface area is 96.6 Å². The first-order valence-electron chi connectivity index (χ1n) is 4.78. The van der Waals surface area contributed by atoms with Crippen molar-refractivity contribution in [1.29, 1.82) is 0 Å². The molecule has 16 heavy (non-hydrogen) atoms. The number of benzene rings is 1. The summed E-state index contributed by atoms with van der Waals surface area (Å²) in [6.45, 7) is 0.446. The highest BCUT2D eigenvalue weighted by Gasteiger charge is 2.28. The summed E-state index contributed by atoms with van der Waals surface area (Å²) in [7, 11) is 0. The lowest BCUT2D eigenvalue weighted by Crippen LogP contribution is -2.13. The molecule has 2 rings (SSSR count). The first kappa shape index (κ1) is 10.9. The van der Waals surface area contributed by atoms with Gasteiger partial charge in [-0.25, -0.2) is 0 Å². The first-order chi connectivity index (χ1) is 7.58. The second kappa shape index (κ2) is 4.09. The highest BCUT2D eigenvalue weighted by Crippen LogP contribution is 2.32. The predicted molar refractivity (Wildman–Crippen MR) is 58.5 cm³/mol. The van der Waals surface area contributed by atoms with Crippen LogP contribution in [0.1, 0.15) is 17.9 Å². The van der Waals surface area contributed by atoms with Gasteiger partial charge in [-0.3, -0.25) is 14.9 Å². The Morgan fingerprint density at radius 1 is 1.50 bits per heavy atom. The van der Waals surface area contributed by atoms with Crippen molar-refractivity contribution >= 4 is 23.2 Å². The van der Waals surface area contributed by atoms with Gasteiger partial charge in [0.2, 0.25) is 5.91 Å². The van der Waals surface area contributed by atoms with Gasteiger partial charge in [0.15, 0.2) is 0 Å². The minimum atomic E-state index is -0.468. The van der Waals surface area contributed by atoms with E-state index in [1.807, 2.05) is 0 Å². The van der Waals surface area contributed by atoms with Crippen LogP contribution in [0.5, 0.6) is 0 Å². The largest absolute Gasteiger partial charge is 0.355 e. The van der Waals surface area contributed by atoms with Crippen molar-refractivity contribution in [2.24, 2.45) is 0 Å². The maximum absolute atomic E-state index is 11.1. The normalized spacial score (nSPS) is 19.6. The number of carbonyl (C=O) groups is 1. The third-order valence-electron chi connectivity index (χ3n) is 2.61. The van der Waals surface area contributed by atoms with Crippen molar-refractivity contribution in [3.05, 3.63) is 38.9 Å². The fourth-order valence-corrected chi connectivity index (χ4v) is 2.01. The highest BCUT2D eigenvalue weighted by molar-refractivity contribution is 6.30. The molecular weight excluding hydrogens is 232 g/mol. The van der Waals surface area contributed by atoms with Crippen molar-refractivity contribution in [1.82, 2.24) is 5.32 Å². The second-order valence-electron chi connectivity index (χ2n) is 3.67. The smallest absolute Gasteiger partial charge is 0.274 e. The Morgan fingerprint density at radius 3 is 2.81 bits per heavy atom. The molecule has 1 heterocycles. The van der Waals surface area contributed by atoms with Crippen molar-refractivity contribution in [3.8, 4) is 0 Å². The standard InChI is InChI=1S/C10H9ClN2O3/c11-7-1-2-8(9(4-7)13(15)16)6-3-10(14)12-5-6/h1-2,4,6H,3,5H2,(H,12,14)/t6-/m0/s1. The van der Waals surface area contributed by atoms with E-state index >= 15 is 0 Å². The summed E-state index contributed by atoms with van der Waals surface area (Å²) in [5, 5.41) is 13.8. The number of rotatable bonds is 2. The average molecular weight is 241 g/mol. The quantitative estimate of drug-likeness (QED) is 0.633. The fraction of sp³-hybridized carbons (Fsp3) is 0.300. The Bertz CT molecular complexity index is 461. The molecule has 1 N–H and O–H groups in total. The van der Waals surface area contributed by atoms with Crippen LogP contribution in [0.4, 0.5) is 5.69 Å². The molecule has 1 aliphatic rings. The molecular formula is C10H9ClN2O3. The van der Waals surface area contributed by atoms with Crippen LogP contribution < -0.4 is 5.32 Å². The third kappa shape index (κ3) is 1.99. The maximum atomic E-state index is 11.1. The van der Waals surface area contributed by atoms with E-state index in [4.69, 9.17) is 11.6 Å². The van der Waals surface area contributed by atoms with E-state index in [0.717, 1.165) is 0 Å². The third-order valence-corrected chi connectivity index (χ3v) is 2.84. The molecule has 1 atom stereocenters. The van der Waals surface area contributed by atoms with Crippen molar-refractivity contribution in [2.75, 3.05) is 6.54 Å². The first-order valence-corrected chi connectivity index (χ1v) is 5.16. The number of carbonyl (C=O) groups excluding carboxylic acids is 1. The molecule has 0 unspecified atom stereocenters. The van der Waals surface area contributed by atoms with E-state index in [2.05, 4.69) is 5.32 Å². The summed E-state index contributed by atoms with van der Waals surface area (Å²) in [5.41, 5.74) is 0.543. The van der Waals surface area contributed by atoms with Gasteiger partial charge in [-0.05, 0) is 6.07 Å². The molecule has 5 nitrogen and oxygen atoms in total. The number of amides is 1. The van der Waals surface area contributed by atoms with Gasteiger partial charge in [0.1, 0.15) is 0 Å². The molecule has 0 aliphatic carbocycles. The molecule has 6 heteroatoms. The van der Waals surface area contributed by atoms with E-state index in [1.165, 1.54) is 6.07 Å². The molecule has 0 saturated carbocycles. The molecule has 1 saturated heterocycles. The van der Waals surface area contributed by atoms with E-state index in [9.17, 15) is 14.9 Å². The van der Waals surface area contributed by atoms with Gasteiger partial charge in [0.25, 0.3) is 5.69 Å². The van der Waals surface area contributed by atoms with E-state index in [1.54, 1.807) is 12.1 Å². The average Bonchev–Trinajstić information content (AvgIpc) is 2.64. The molecule has 0 aromatic heterocycles. The van der Waals surface area contributed by atoms with Crippen LogP contribution in [-0.4, -0.2) is 17.4 Å². The zero-order chi connectivity index (χ0) is 11.7. The molecule has 0 radical (unpaired) electrons. The second-order valence-corrected chi connectivity index (χ2v) is 4.10. The lowest BCUT2D eigenvalue weighted by molar-refractivity contribution is -0.385. The van der Waals surface area contributed by atoms with Crippen molar-refractivity contribution < 1.29 is 9.72 Å². The van der Waals surface area contributed by atoms with Crippen LogP contribution >= 0.6 is 11.6 Å². The summed E-state index contributed by atoms with van der Waals surface area (Å²) in [6.07, 6.45) is 0.294. The number of nitro benzene ring substituents is 1. The number of hydrogen-bond acceptors (Lipinski definition) is 3. The van der Waals surface area contributed by atoms with Crippen LogP contribution in [0, 0.1) is 10.1 Å². The van der Waals surface area contributed by atoms with Gasteiger partial charge in [0.05, 0.1) is 4.92 Å². The molecule has 1 aromatic rings. The Morgan fingerprint density at radius 2 is 2.25 bits per heavy atom. The monoisotopic (exact) mass is 240 g/mol. The summed E-state index contributed by atoms with van der Waals surface area (Å²) in [4.78, 5) is 21.5. The van der Waals surface area contributed by atoms with Crippen LogP contribution in [0.3, 0.4) is 0 Å². The lowest BCUT2D eigenvalue weighted by atomic mass is 9.96. The van der Waals surface area contributed by atoms with Crippen LogP contribution in [0.15, 0.2) is 18.2 Å². The number of nitrogens with zero attached hydrogens (tertiary/aromatic N) is 1. The van der Waals surface area contributed by atoms with Gasteiger partial charge >= 0.3 is 0 Å². The van der Waals surface area contributed by atoms with Crippen molar-refractivity contribution in [2.45, 2.75) is 12.3 Å². The van der Waals surface area contributed by atoms with Gasteiger partial charge in [-0.15, -0.1) is 0 Å². The van der Waals surface area contributed by atoms with Gasteiger partial charge in [0, 0.05) is 35.5 Å². The highest BCUT2D eigenvalue weighted by atomic mass is 35.5. The van der Waals surface area contributed by atoms with E-state index < -0.39 is 4.92 Å². The number of nitrogens with one attached hydrogen (secondary N) is 1. The van der Waals surface area contributed by atoms with Crippen LogP contribution in [0.25, 0.3) is 0 Å². The molecule has 1 aromatic carbocycles. The fourth-order valence-electron chi connectivity index (χ4n) is 1.85.